The van der Waals surface area contributed by atoms with Gasteiger partial charge in [0.2, 0.25) is 0 Å². The van der Waals surface area contributed by atoms with Gasteiger partial charge in [0.1, 0.15) is 17.9 Å². The van der Waals surface area contributed by atoms with E-state index in [-0.39, 0.29) is 10.7 Å². The van der Waals surface area contributed by atoms with E-state index in [2.05, 4.69) is 10.2 Å². The summed E-state index contributed by atoms with van der Waals surface area (Å²) in [5.41, 5.74) is -5.72. The quantitative estimate of drug-likeness (QED) is 0.654. The Morgan fingerprint density at radius 2 is 2.04 bits per heavy atom. The monoisotopic (exact) mass is 349 g/mol. The molecule has 1 aliphatic rings. The molecule has 1 amide bonds. The third-order valence-corrected chi connectivity index (χ3v) is 3.65. The van der Waals surface area contributed by atoms with E-state index in [0.717, 1.165) is 17.1 Å². The zero-order chi connectivity index (χ0) is 18.5. The summed E-state index contributed by atoms with van der Waals surface area (Å²) in [7, 11) is 0. The minimum absolute atomic E-state index is 0.0319. The molecule has 0 radical (unpaired) electrons. The van der Waals surface area contributed by atoms with Crippen LogP contribution in [0.25, 0.3) is 0 Å². The molecule has 0 bridgehead atoms. The predicted octanol–water partition coefficient (Wildman–Crippen LogP) is 1.39. The highest BCUT2D eigenvalue weighted by Crippen LogP contribution is 2.41. The van der Waals surface area contributed by atoms with Crippen molar-refractivity contribution in [3.8, 4) is 0 Å². The number of hydrogen-bond acceptors (Lipinski definition) is 6. The van der Waals surface area contributed by atoms with E-state index < -0.39 is 40.4 Å². The molecular formula is C12H14F3N5O4. The third kappa shape index (κ3) is 2.62. The second kappa shape index (κ2) is 5.26. The maximum absolute atomic E-state index is 13.2. The number of carbonyl (C=O) groups excluding carboxylic acids is 1. The van der Waals surface area contributed by atoms with Crippen LogP contribution >= 0.6 is 0 Å². The van der Waals surface area contributed by atoms with E-state index in [0.29, 0.717) is 0 Å². The lowest BCUT2D eigenvalue weighted by Gasteiger charge is -2.36. The van der Waals surface area contributed by atoms with Crippen LogP contribution in [0.2, 0.25) is 0 Å². The van der Waals surface area contributed by atoms with E-state index in [4.69, 9.17) is 0 Å². The molecule has 12 heteroatoms. The standard InChI is InChI=1S/C12H14F3N5O4/c1-7-4-11(22,12(13,14)15)19(17-7)9(21)10(2,3)18-6-8(5-16-18)20(23)24/h5-6,22H,4H2,1-3H3. The van der Waals surface area contributed by atoms with Crippen LogP contribution in [-0.4, -0.2) is 48.3 Å². The molecule has 0 fully saturated rings. The summed E-state index contributed by atoms with van der Waals surface area (Å²) in [6.45, 7) is 3.67. The van der Waals surface area contributed by atoms with Gasteiger partial charge in [-0.15, -0.1) is 0 Å². The van der Waals surface area contributed by atoms with Gasteiger partial charge < -0.3 is 5.11 Å². The van der Waals surface area contributed by atoms with Crippen molar-refractivity contribution in [2.24, 2.45) is 5.10 Å². The summed E-state index contributed by atoms with van der Waals surface area (Å²) >= 11 is 0. The fraction of sp³-hybridized carbons (Fsp3) is 0.583. The lowest BCUT2D eigenvalue weighted by molar-refractivity contribution is -0.385. The van der Waals surface area contributed by atoms with Gasteiger partial charge in [-0.25, -0.2) is 0 Å². The Labute approximate surface area is 133 Å². The molecule has 24 heavy (non-hydrogen) atoms. The molecule has 1 atom stereocenters. The maximum atomic E-state index is 13.2. The van der Waals surface area contributed by atoms with Gasteiger partial charge >= 0.3 is 11.9 Å². The first-order chi connectivity index (χ1) is 10.8. The summed E-state index contributed by atoms with van der Waals surface area (Å²) in [6.07, 6.45) is -4.23. The zero-order valence-electron chi connectivity index (χ0n) is 12.9. The molecule has 0 saturated heterocycles. The van der Waals surface area contributed by atoms with Crippen molar-refractivity contribution in [2.75, 3.05) is 0 Å². The fourth-order valence-corrected chi connectivity index (χ4v) is 2.22. The molecule has 2 heterocycles. The Kier molecular flexibility index (Phi) is 3.91. The molecule has 1 N–H and O–H groups in total. The zero-order valence-corrected chi connectivity index (χ0v) is 12.9. The largest absolute Gasteiger partial charge is 0.438 e. The van der Waals surface area contributed by atoms with Crippen LogP contribution in [0.15, 0.2) is 17.5 Å². The number of halogens is 3. The maximum Gasteiger partial charge on any atom is 0.438 e. The number of nitro groups is 1. The number of aromatic nitrogens is 2. The van der Waals surface area contributed by atoms with Gasteiger partial charge in [-0.05, 0) is 20.8 Å². The normalized spacial score (nSPS) is 21.8. The number of amides is 1. The number of carbonyl (C=O) groups is 1. The van der Waals surface area contributed by atoms with Crippen LogP contribution in [-0.2, 0) is 10.3 Å². The first kappa shape index (κ1) is 17.8. The molecule has 2 rings (SSSR count). The van der Waals surface area contributed by atoms with Crippen molar-refractivity contribution in [1.29, 1.82) is 0 Å². The van der Waals surface area contributed by atoms with Crippen LogP contribution in [0.4, 0.5) is 18.9 Å². The molecular weight excluding hydrogens is 335 g/mol. The van der Waals surface area contributed by atoms with Crippen LogP contribution < -0.4 is 0 Å². The number of hydrogen-bond donors (Lipinski definition) is 1. The van der Waals surface area contributed by atoms with Crippen molar-refractivity contribution in [1.82, 2.24) is 14.8 Å². The molecule has 0 aliphatic carbocycles. The predicted molar refractivity (Wildman–Crippen MR) is 73.8 cm³/mol. The van der Waals surface area contributed by atoms with Gasteiger partial charge in [-0.3, -0.25) is 19.6 Å². The highest BCUT2D eigenvalue weighted by molar-refractivity contribution is 5.91. The highest BCUT2D eigenvalue weighted by atomic mass is 19.4. The van der Waals surface area contributed by atoms with Gasteiger partial charge in [0.15, 0.2) is 0 Å². The molecule has 132 valence electrons. The number of aliphatic hydroxyl groups is 1. The number of rotatable bonds is 3. The van der Waals surface area contributed by atoms with Crippen molar-refractivity contribution in [3.63, 3.8) is 0 Å². The Morgan fingerprint density at radius 3 is 2.50 bits per heavy atom. The Balaban J connectivity index is 2.42. The van der Waals surface area contributed by atoms with Crippen molar-refractivity contribution in [3.05, 3.63) is 22.5 Å². The minimum atomic E-state index is -5.13. The Morgan fingerprint density at radius 1 is 1.46 bits per heavy atom. The summed E-state index contributed by atoms with van der Waals surface area (Å²) in [4.78, 5) is 22.5. The summed E-state index contributed by atoms with van der Waals surface area (Å²) < 4.78 is 40.5. The lowest BCUT2D eigenvalue weighted by atomic mass is 10.0. The van der Waals surface area contributed by atoms with Gasteiger partial charge in [0, 0.05) is 12.1 Å². The van der Waals surface area contributed by atoms with Gasteiger partial charge in [-0.1, -0.05) is 0 Å². The molecule has 0 saturated carbocycles. The van der Waals surface area contributed by atoms with Crippen LogP contribution in [0.5, 0.6) is 0 Å². The first-order valence-electron chi connectivity index (χ1n) is 6.68. The number of alkyl halides is 3. The minimum Gasteiger partial charge on any atom is -0.362 e. The van der Waals surface area contributed by atoms with E-state index in [1.54, 1.807) is 0 Å². The van der Waals surface area contributed by atoms with E-state index >= 15 is 0 Å². The van der Waals surface area contributed by atoms with E-state index in [1.165, 1.54) is 20.8 Å². The Hall–Kier alpha value is -2.50. The molecule has 1 aliphatic heterocycles. The average Bonchev–Trinajstić information content (AvgIpc) is 3.02. The third-order valence-electron chi connectivity index (χ3n) is 3.65. The average molecular weight is 349 g/mol. The molecule has 0 aromatic carbocycles. The fourth-order valence-electron chi connectivity index (χ4n) is 2.22. The highest BCUT2D eigenvalue weighted by Gasteiger charge is 2.64. The summed E-state index contributed by atoms with van der Waals surface area (Å²) in [5.74, 6) is -1.21. The first-order valence-corrected chi connectivity index (χ1v) is 6.68. The van der Waals surface area contributed by atoms with Gasteiger partial charge in [-0.2, -0.15) is 28.4 Å². The SMILES string of the molecule is CC1=NN(C(=O)C(C)(C)n2cc([N+](=O)[O-])cn2)C(O)(C(F)(F)F)C1. The van der Waals surface area contributed by atoms with E-state index in [9.17, 15) is 33.2 Å². The van der Waals surface area contributed by atoms with Crippen molar-refractivity contribution in [2.45, 2.75) is 44.6 Å². The molecule has 1 aromatic heterocycles. The Bertz CT molecular complexity index is 727. The molecule has 1 unspecified atom stereocenters. The molecule has 9 nitrogen and oxygen atoms in total. The second-order valence-corrected chi connectivity index (χ2v) is 5.90. The number of nitrogens with zero attached hydrogens (tertiary/aromatic N) is 5. The lowest BCUT2D eigenvalue weighted by Crippen LogP contribution is -2.60. The summed E-state index contributed by atoms with van der Waals surface area (Å²) in [6, 6.07) is 0. The topological polar surface area (TPSA) is 114 Å². The molecule has 1 aromatic rings. The van der Waals surface area contributed by atoms with Crippen molar-refractivity contribution >= 4 is 17.3 Å². The van der Waals surface area contributed by atoms with Gasteiger partial charge in [0.05, 0.1) is 4.92 Å². The number of hydrazone groups is 1. The summed E-state index contributed by atoms with van der Waals surface area (Å²) in [5, 5.41) is 27.8. The second-order valence-electron chi connectivity index (χ2n) is 5.90. The van der Waals surface area contributed by atoms with Crippen LogP contribution in [0.3, 0.4) is 0 Å². The smallest absolute Gasteiger partial charge is 0.362 e. The van der Waals surface area contributed by atoms with Crippen LogP contribution in [0, 0.1) is 10.1 Å². The van der Waals surface area contributed by atoms with E-state index in [1.807, 2.05) is 0 Å². The van der Waals surface area contributed by atoms with Crippen LogP contribution in [0.1, 0.15) is 27.2 Å². The van der Waals surface area contributed by atoms with Gasteiger partial charge in [0.25, 0.3) is 11.6 Å². The molecule has 0 spiro atoms. The van der Waals surface area contributed by atoms with Crippen molar-refractivity contribution < 1.29 is 28.0 Å².